The summed E-state index contributed by atoms with van der Waals surface area (Å²) in [6, 6.07) is 4.59. The van der Waals surface area contributed by atoms with E-state index in [0.29, 0.717) is 10.5 Å². The first-order chi connectivity index (χ1) is 9.19. The van der Waals surface area contributed by atoms with Crippen LogP contribution in [0.5, 0.6) is 0 Å². The normalized spacial score (nSPS) is 11.2. The quantitative estimate of drug-likeness (QED) is 0.820. The van der Waals surface area contributed by atoms with Crippen molar-refractivity contribution in [3.05, 3.63) is 29.3 Å². The lowest BCUT2D eigenvalue weighted by Gasteiger charge is -2.08. The van der Waals surface area contributed by atoms with Crippen LogP contribution in [0.3, 0.4) is 0 Å². The number of alkyl halides is 3. The van der Waals surface area contributed by atoms with Crippen LogP contribution in [0.1, 0.15) is 15.9 Å². The molecule has 1 aromatic carbocycles. The Balaban J connectivity index is 2.56. The van der Waals surface area contributed by atoms with Gasteiger partial charge in [-0.2, -0.15) is 13.2 Å². The number of rotatable bonds is 5. The predicted octanol–water partition coefficient (Wildman–Crippen LogP) is 2.46. The van der Waals surface area contributed by atoms with Crippen molar-refractivity contribution in [3.63, 3.8) is 0 Å². The van der Waals surface area contributed by atoms with Gasteiger partial charge in [0.05, 0.1) is 11.3 Å². The minimum atomic E-state index is -4.44. The first-order valence-electron chi connectivity index (χ1n) is 5.49. The molecule has 0 bridgehead atoms. The van der Waals surface area contributed by atoms with Gasteiger partial charge in [-0.05, 0) is 24.6 Å². The van der Waals surface area contributed by atoms with Crippen molar-refractivity contribution in [2.24, 2.45) is 0 Å². The Kier molecular flexibility index (Phi) is 5.43. The van der Waals surface area contributed by atoms with Crippen LogP contribution >= 0.6 is 11.8 Å². The SMILES string of the molecule is Cc1ccc(SCC(=O)NCC(F)(F)F)cc1C(=O)O. The molecule has 0 atom stereocenters. The number of halogens is 3. The van der Waals surface area contributed by atoms with Crippen LogP contribution in [0.15, 0.2) is 23.1 Å². The molecule has 2 N–H and O–H groups in total. The molecule has 0 aliphatic carbocycles. The van der Waals surface area contributed by atoms with Crippen LogP contribution in [0.2, 0.25) is 0 Å². The fourth-order valence-electron chi connectivity index (χ4n) is 1.32. The van der Waals surface area contributed by atoms with E-state index in [1.807, 2.05) is 0 Å². The van der Waals surface area contributed by atoms with Gasteiger partial charge in [0.2, 0.25) is 5.91 Å². The Morgan fingerprint density at radius 3 is 2.55 bits per heavy atom. The number of nitrogens with one attached hydrogen (secondary N) is 1. The average molecular weight is 307 g/mol. The molecule has 1 aromatic rings. The second-order valence-corrected chi connectivity index (χ2v) is 5.01. The predicted molar refractivity (Wildman–Crippen MR) is 67.9 cm³/mol. The Hall–Kier alpha value is -1.70. The van der Waals surface area contributed by atoms with E-state index in [1.165, 1.54) is 6.07 Å². The highest BCUT2D eigenvalue weighted by Gasteiger charge is 2.27. The number of carbonyl (C=O) groups excluding carboxylic acids is 1. The van der Waals surface area contributed by atoms with Gasteiger partial charge in [-0.15, -0.1) is 11.8 Å². The van der Waals surface area contributed by atoms with Crippen LogP contribution in [-0.2, 0) is 4.79 Å². The van der Waals surface area contributed by atoms with Crippen molar-refractivity contribution in [2.45, 2.75) is 18.0 Å². The molecule has 0 saturated carbocycles. The zero-order valence-electron chi connectivity index (χ0n) is 10.5. The van der Waals surface area contributed by atoms with Crippen molar-refractivity contribution in [3.8, 4) is 0 Å². The number of hydrogen-bond acceptors (Lipinski definition) is 3. The lowest BCUT2D eigenvalue weighted by Crippen LogP contribution is -2.34. The molecule has 8 heteroatoms. The molecule has 4 nitrogen and oxygen atoms in total. The topological polar surface area (TPSA) is 66.4 Å². The third-order valence-corrected chi connectivity index (χ3v) is 3.29. The van der Waals surface area contributed by atoms with Crippen LogP contribution < -0.4 is 5.32 Å². The summed E-state index contributed by atoms with van der Waals surface area (Å²) in [5.74, 6) is -2.06. The molecule has 0 unspecified atom stereocenters. The molecule has 20 heavy (non-hydrogen) atoms. The van der Waals surface area contributed by atoms with Crippen molar-refractivity contribution in [2.75, 3.05) is 12.3 Å². The molecule has 0 aliphatic rings. The Labute approximate surface area is 117 Å². The number of thioether (sulfide) groups is 1. The molecule has 0 fully saturated rings. The van der Waals surface area contributed by atoms with E-state index in [0.717, 1.165) is 11.8 Å². The molecule has 0 saturated heterocycles. The molecule has 0 radical (unpaired) electrons. The highest BCUT2D eigenvalue weighted by molar-refractivity contribution is 8.00. The molecule has 0 aromatic heterocycles. The third-order valence-electron chi connectivity index (χ3n) is 2.30. The third kappa shape index (κ3) is 5.52. The second-order valence-electron chi connectivity index (χ2n) is 3.96. The first-order valence-corrected chi connectivity index (χ1v) is 6.48. The summed E-state index contributed by atoms with van der Waals surface area (Å²) in [6.07, 6.45) is -4.44. The van der Waals surface area contributed by atoms with Crippen LogP contribution in [0, 0.1) is 6.92 Å². The van der Waals surface area contributed by atoms with E-state index >= 15 is 0 Å². The highest BCUT2D eigenvalue weighted by Crippen LogP contribution is 2.21. The van der Waals surface area contributed by atoms with Gasteiger partial charge in [0.25, 0.3) is 0 Å². The molecule has 0 aliphatic heterocycles. The molecule has 0 spiro atoms. The zero-order chi connectivity index (χ0) is 15.3. The zero-order valence-corrected chi connectivity index (χ0v) is 11.3. The maximum absolute atomic E-state index is 11.9. The van der Waals surface area contributed by atoms with Gasteiger partial charge in [-0.1, -0.05) is 6.07 Å². The van der Waals surface area contributed by atoms with Gasteiger partial charge in [0.1, 0.15) is 6.54 Å². The summed E-state index contributed by atoms with van der Waals surface area (Å²) >= 11 is 0.977. The number of hydrogen-bond donors (Lipinski definition) is 2. The van der Waals surface area contributed by atoms with E-state index in [2.05, 4.69) is 0 Å². The fraction of sp³-hybridized carbons (Fsp3) is 0.333. The van der Waals surface area contributed by atoms with E-state index in [9.17, 15) is 22.8 Å². The summed E-state index contributed by atoms with van der Waals surface area (Å²) in [4.78, 5) is 22.6. The Bertz CT molecular complexity index is 517. The fourth-order valence-corrected chi connectivity index (χ4v) is 2.09. The Morgan fingerprint density at radius 1 is 1.35 bits per heavy atom. The van der Waals surface area contributed by atoms with Gasteiger partial charge >= 0.3 is 12.1 Å². The summed E-state index contributed by atoms with van der Waals surface area (Å²) in [5.41, 5.74) is 0.675. The van der Waals surface area contributed by atoms with E-state index in [1.54, 1.807) is 24.4 Å². The lowest BCUT2D eigenvalue weighted by atomic mass is 10.1. The average Bonchev–Trinajstić information content (AvgIpc) is 2.34. The standard InChI is InChI=1S/C12H12F3NO3S/c1-7-2-3-8(4-9(7)11(18)19)20-5-10(17)16-6-12(13,14)15/h2-4H,5-6H2,1H3,(H,16,17)(H,18,19). The summed E-state index contributed by atoms with van der Waals surface area (Å²) in [5, 5.41) is 10.7. The number of carboxylic acid groups (broad SMARTS) is 1. The number of aromatic carboxylic acids is 1. The van der Waals surface area contributed by atoms with Gasteiger partial charge in [-0.25, -0.2) is 4.79 Å². The number of carbonyl (C=O) groups is 2. The maximum atomic E-state index is 11.9. The largest absolute Gasteiger partial charge is 0.478 e. The Morgan fingerprint density at radius 2 is 2.00 bits per heavy atom. The number of amides is 1. The van der Waals surface area contributed by atoms with E-state index < -0.39 is 24.6 Å². The smallest absolute Gasteiger partial charge is 0.405 e. The van der Waals surface area contributed by atoms with E-state index in [-0.39, 0.29) is 11.3 Å². The molecular formula is C12H12F3NO3S. The van der Waals surface area contributed by atoms with Crippen LogP contribution in [0.25, 0.3) is 0 Å². The second kappa shape index (κ2) is 6.65. The first kappa shape index (κ1) is 16.4. The highest BCUT2D eigenvalue weighted by atomic mass is 32.2. The lowest BCUT2D eigenvalue weighted by molar-refractivity contribution is -0.136. The monoisotopic (exact) mass is 307 g/mol. The molecule has 1 rings (SSSR count). The van der Waals surface area contributed by atoms with Gasteiger partial charge in [-0.3, -0.25) is 4.79 Å². The summed E-state index contributed by atoms with van der Waals surface area (Å²) < 4.78 is 35.6. The number of aryl methyl sites for hydroxylation is 1. The number of benzene rings is 1. The van der Waals surface area contributed by atoms with Crippen molar-refractivity contribution >= 4 is 23.6 Å². The van der Waals surface area contributed by atoms with Crippen LogP contribution in [0.4, 0.5) is 13.2 Å². The van der Waals surface area contributed by atoms with Gasteiger partial charge in [0.15, 0.2) is 0 Å². The summed E-state index contributed by atoms with van der Waals surface area (Å²) in [7, 11) is 0. The minimum Gasteiger partial charge on any atom is -0.478 e. The molecule has 0 heterocycles. The van der Waals surface area contributed by atoms with E-state index in [4.69, 9.17) is 5.11 Å². The molecule has 1 amide bonds. The van der Waals surface area contributed by atoms with Crippen LogP contribution in [-0.4, -0.2) is 35.5 Å². The molecular weight excluding hydrogens is 295 g/mol. The van der Waals surface area contributed by atoms with Gasteiger partial charge < -0.3 is 10.4 Å². The van der Waals surface area contributed by atoms with Gasteiger partial charge in [0, 0.05) is 4.90 Å². The summed E-state index contributed by atoms with van der Waals surface area (Å²) in [6.45, 7) is 0.259. The minimum absolute atomic E-state index is 0.102. The maximum Gasteiger partial charge on any atom is 0.405 e. The van der Waals surface area contributed by atoms with Crippen molar-refractivity contribution < 1.29 is 27.9 Å². The number of carboxylic acids is 1. The van der Waals surface area contributed by atoms with Crippen molar-refractivity contribution in [1.82, 2.24) is 5.32 Å². The molecule has 110 valence electrons. The van der Waals surface area contributed by atoms with Crippen molar-refractivity contribution in [1.29, 1.82) is 0 Å².